The van der Waals surface area contributed by atoms with E-state index in [0.29, 0.717) is 19.0 Å². The predicted octanol–water partition coefficient (Wildman–Crippen LogP) is 0.451. The lowest BCUT2D eigenvalue weighted by atomic mass is 10.2. The van der Waals surface area contributed by atoms with E-state index in [9.17, 15) is 0 Å². The van der Waals surface area contributed by atoms with Gasteiger partial charge < -0.3 is 15.1 Å². The van der Waals surface area contributed by atoms with Gasteiger partial charge in [-0.25, -0.2) is 4.57 Å². The fourth-order valence-corrected chi connectivity index (χ4v) is 2.07. The first-order valence-electron chi connectivity index (χ1n) is 7.02. The number of nitrogens with zero attached hydrogens (tertiary/aromatic N) is 6. The normalized spacial score (nSPS) is 11.3. The molecule has 2 aromatic rings. The largest absolute Gasteiger partial charge is 0.403 e. The van der Waals surface area contributed by atoms with E-state index in [0.717, 1.165) is 11.4 Å². The molecule has 0 spiro atoms. The number of aliphatic hydroxyl groups excluding tert-OH is 2. The van der Waals surface area contributed by atoms with Crippen LogP contribution < -0.4 is 9.47 Å². The quantitative estimate of drug-likeness (QED) is 0.574. The van der Waals surface area contributed by atoms with Crippen LogP contribution >= 0.6 is 0 Å². The van der Waals surface area contributed by atoms with Gasteiger partial charge in [-0.15, -0.1) is 4.68 Å². The van der Waals surface area contributed by atoms with Gasteiger partial charge in [0.05, 0.1) is 33.0 Å². The molecule has 1 aromatic carbocycles. The van der Waals surface area contributed by atoms with Crippen molar-refractivity contribution < 1.29 is 14.8 Å². The smallest absolute Gasteiger partial charge is 0.395 e. The number of hydrogen-bond acceptors (Lipinski definition) is 6. The number of azo groups is 1. The third-order valence-electron chi connectivity index (χ3n) is 3.21. The van der Waals surface area contributed by atoms with Crippen molar-refractivity contribution in [1.29, 1.82) is 0 Å². The summed E-state index contributed by atoms with van der Waals surface area (Å²) in [5.41, 5.74) is 1.64. The van der Waals surface area contributed by atoms with E-state index >= 15 is 0 Å². The molecule has 0 saturated carbocycles. The molecule has 0 radical (unpaired) electrons. The van der Waals surface area contributed by atoms with Gasteiger partial charge in [0.25, 0.3) is 0 Å². The SMILES string of the molecule is Cn1nc[n+](C)c1N=Nc1ccc(N(CCO)CCO)cc1. The highest BCUT2D eigenvalue weighted by molar-refractivity contribution is 5.52. The summed E-state index contributed by atoms with van der Waals surface area (Å²) in [6.45, 7) is 1.04. The summed E-state index contributed by atoms with van der Waals surface area (Å²) >= 11 is 0. The highest BCUT2D eigenvalue weighted by Gasteiger charge is 2.11. The van der Waals surface area contributed by atoms with Crippen LogP contribution in [0.1, 0.15) is 0 Å². The van der Waals surface area contributed by atoms with Gasteiger partial charge in [0.1, 0.15) is 0 Å². The van der Waals surface area contributed by atoms with Gasteiger partial charge in [-0.05, 0) is 29.4 Å². The summed E-state index contributed by atoms with van der Waals surface area (Å²) in [5.74, 6) is 0.645. The van der Waals surface area contributed by atoms with Gasteiger partial charge in [-0.3, -0.25) is 0 Å². The van der Waals surface area contributed by atoms with Gasteiger partial charge in [0, 0.05) is 23.9 Å². The summed E-state index contributed by atoms with van der Waals surface area (Å²) in [6, 6.07) is 7.47. The van der Waals surface area contributed by atoms with Crippen LogP contribution in [-0.2, 0) is 14.1 Å². The zero-order chi connectivity index (χ0) is 15.9. The Hall–Kier alpha value is -2.32. The van der Waals surface area contributed by atoms with E-state index in [1.165, 1.54) is 0 Å². The Balaban J connectivity index is 2.11. The molecule has 0 atom stereocenters. The Labute approximate surface area is 129 Å². The number of anilines is 1. The molecule has 2 N–H and O–H groups in total. The lowest BCUT2D eigenvalue weighted by Crippen LogP contribution is -2.29. The van der Waals surface area contributed by atoms with Crippen LogP contribution in [0.4, 0.5) is 17.3 Å². The monoisotopic (exact) mass is 305 g/mol. The molecular weight excluding hydrogens is 284 g/mol. The molecule has 0 aliphatic rings. The maximum atomic E-state index is 9.05. The Kier molecular flexibility index (Phi) is 5.56. The third kappa shape index (κ3) is 3.86. The number of rotatable bonds is 7. The Morgan fingerprint density at radius 1 is 1.14 bits per heavy atom. The number of aromatic nitrogens is 3. The van der Waals surface area contributed by atoms with Crippen molar-refractivity contribution in [2.24, 2.45) is 24.3 Å². The zero-order valence-electron chi connectivity index (χ0n) is 12.8. The van der Waals surface area contributed by atoms with E-state index in [4.69, 9.17) is 10.2 Å². The molecule has 1 aromatic heterocycles. The molecule has 0 unspecified atom stereocenters. The number of benzene rings is 1. The molecule has 0 saturated heterocycles. The van der Waals surface area contributed by atoms with Gasteiger partial charge in [0.2, 0.25) is 6.33 Å². The summed E-state index contributed by atoms with van der Waals surface area (Å²) in [6.07, 6.45) is 1.67. The molecule has 0 aliphatic heterocycles. The fraction of sp³-hybridized carbons (Fsp3) is 0.429. The van der Waals surface area contributed by atoms with Gasteiger partial charge in [-0.1, -0.05) is 5.11 Å². The number of aliphatic hydroxyl groups is 2. The second-order valence-corrected chi connectivity index (χ2v) is 4.82. The molecule has 1 heterocycles. The molecule has 22 heavy (non-hydrogen) atoms. The molecule has 8 heteroatoms. The number of aryl methyl sites for hydroxylation is 2. The number of hydrogen-bond donors (Lipinski definition) is 2. The standard InChI is InChI=1S/C14H21N6O2/c1-18-11-15-19(2)14(18)17-16-12-3-5-13(6-4-12)20(7-9-21)8-10-22/h3-6,11,21-22H,7-10H2,1-2H3/q+1. The van der Waals surface area contributed by atoms with Crippen molar-refractivity contribution >= 4 is 17.3 Å². The zero-order valence-corrected chi connectivity index (χ0v) is 12.8. The van der Waals surface area contributed by atoms with Gasteiger partial charge >= 0.3 is 5.95 Å². The van der Waals surface area contributed by atoms with Crippen LogP contribution in [0.25, 0.3) is 0 Å². The Morgan fingerprint density at radius 2 is 1.77 bits per heavy atom. The lowest BCUT2D eigenvalue weighted by molar-refractivity contribution is -0.659. The highest BCUT2D eigenvalue weighted by atomic mass is 16.3. The van der Waals surface area contributed by atoms with Crippen molar-refractivity contribution in [2.75, 3.05) is 31.2 Å². The van der Waals surface area contributed by atoms with Crippen LogP contribution in [0.15, 0.2) is 40.8 Å². The average Bonchev–Trinajstić information content (AvgIpc) is 2.84. The molecule has 0 bridgehead atoms. The molecule has 0 aliphatic carbocycles. The molecule has 0 amide bonds. The minimum Gasteiger partial charge on any atom is -0.395 e. The van der Waals surface area contributed by atoms with Crippen LogP contribution in [0.2, 0.25) is 0 Å². The average molecular weight is 305 g/mol. The van der Waals surface area contributed by atoms with Gasteiger partial charge in [-0.2, -0.15) is 0 Å². The minimum absolute atomic E-state index is 0.0401. The molecule has 2 rings (SSSR count). The molecule has 118 valence electrons. The first-order chi connectivity index (χ1) is 10.7. The first-order valence-corrected chi connectivity index (χ1v) is 7.02. The van der Waals surface area contributed by atoms with Crippen molar-refractivity contribution in [1.82, 2.24) is 9.78 Å². The summed E-state index contributed by atoms with van der Waals surface area (Å²) in [7, 11) is 3.66. The summed E-state index contributed by atoms with van der Waals surface area (Å²) < 4.78 is 3.42. The predicted molar refractivity (Wildman–Crippen MR) is 81.4 cm³/mol. The summed E-state index contributed by atoms with van der Waals surface area (Å²) in [4.78, 5) is 1.90. The van der Waals surface area contributed by atoms with E-state index in [1.54, 1.807) is 22.6 Å². The lowest BCUT2D eigenvalue weighted by Gasteiger charge is -2.22. The Morgan fingerprint density at radius 3 is 2.27 bits per heavy atom. The highest BCUT2D eigenvalue weighted by Crippen LogP contribution is 2.21. The van der Waals surface area contributed by atoms with Crippen molar-refractivity contribution in [3.05, 3.63) is 30.6 Å². The second kappa shape index (κ2) is 7.62. The van der Waals surface area contributed by atoms with Crippen LogP contribution in [-0.4, -0.2) is 46.3 Å². The van der Waals surface area contributed by atoms with Gasteiger partial charge in [0.15, 0.2) is 0 Å². The van der Waals surface area contributed by atoms with E-state index in [2.05, 4.69) is 15.3 Å². The van der Waals surface area contributed by atoms with Crippen LogP contribution in [0.3, 0.4) is 0 Å². The van der Waals surface area contributed by atoms with Crippen molar-refractivity contribution in [3.8, 4) is 0 Å². The van der Waals surface area contributed by atoms with E-state index in [1.807, 2.05) is 36.2 Å². The minimum atomic E-state index is 0.0401. The van der Waals surface area contributed by atoms with Crippen LogP contribution in [0, 0.1) is 0 Å². The maximum Gasteiger partial charge on any atom is 0.403 e. The summed E-state index contributed by atoms with van der Waals surface area (Å²) in [5, 5.41) is 30.6. The van der Waals surface area contributed by atoms with Crippen molar-refractivity contribution in [2.45, 2.75) is 0 Å². The Bertz CT molecular complexity index is 597. The van der Waals surface area contributed by atoms with E-state index < -0.39 is 0 Å². The van der Waals surface area contributed by atoms with Crippen molar-refractivity contribution in [3.63, 3.8) is 0 Å². The molecular formula is C14H21N6O2+. The van der Waals surface area contributed by atoms with Crippen LogP contribution in [0.5, 0.6) is 0 Å². The second-order valence-electron chi connectivity index (χ2n) is 4.82. The first kappa shape index (κ1) is 16.1. The third-order valence-corrected chi connectivity index (χ3v) is 3.21. The molecule has 8 nitrogen and oxygen atoms in total. The van der Waals surface area contributed by atoms with E-state index in [-0.39, 0.29) is 13.2 Å². The maximum absolute atomic E-state index is 9.05. The fourth-order valence-electron chi connectivity index (χ4n) is 2.07. The topological polar surface area (TPSA) is 90.1 Å². The molecule has 0 fully saturated rings.